The van der Waals surface area contributed by atoms with Gasteiger partial charge in [-0.3, -0.25) is 4.57 Å². The predicted molar refractivity (Wildman–Crippen MR) is 70.4 cm³/mol. The molecule has 0 atom stereocenters. The maximum Gasteiger partial charge on any atom is 0.420 e. The molecule has 0 aliphatic heterocycles. The third-order valence-corrected chi connectivity index (χ3v) is 2.98. The van der Waals surface area contributed by atoms with Crippen LogP contribution in [0.2, 0.25) is 0 Å². The highest BCUT2D eigenvalue weighted by Gasteiger charge is 2.11. The summed E-state index contributed by atoms with van der Waals surface area (Å²) in [7, 11) is 0. The topological polar surface area (TPSA) is 61.2 Å². The summed E-state index contributed by atoms with van der Waals surface area (Å²) >= 11 is 0. The Labute approximate surface area is 107 Å². The summed E-state index contributed by atoms with van der Waals surface area (Å²) in [6.07, 6.45) is 0. The van der Waals surface area contributed by atoms with Crippen molar-refractivity contribution in [1.82, 2.24) is 4.57 Å². The molecule has 3 rings (SSSR count). The van der Waals surface area contributed by atoms with E-state index in [1.54, 1.807) is 36.4 Å². The zero-order valence-electron chi connectivity index (χ0n) is 9.97. The largest absolute Gasteiger partial charge is 0.420 e. The van der Waals surface area contributed by atoms with Gasteiger partial charge in [-0.15, -0.1) is 0 Å². The van der Waals surface area contributed by atoms with Gasteiger partial charge in [0.05, 0.1) is 12.1 Å². The standard InChI is InChI=1S/C14H11FN2O2/c15-11-4-2-1-3-9(11)8-17-12-6-5-10(16)7-13(12)19-14(17)18/h1-7H,8,16H2. The third kappa shape index (κ3) is 1.99. The van der Waals surface area contributed by atoms with Crippen LogP contribution in [0, 0.1) is 5.82 Å². The molecule has 0 unspecified atom stereocenters. The highest BCUT2D eigenvalue weighted by molar-refractivity contribution is 5.76. The normalized spacial score (nSPS) is 11.0. The van der Waals surface area contributed by atoms with E-state index in [1.165, 1.54) is 10.6 Å². The average Bonchev–Trinajstić information content (AvgIpc) is 2.68. The van der Waals surface area contributed by atoms with Crippen molar-refractivity contribution in [3.05, 3.63) is 64.4 Å². The highest BCUT2D eigenvalue weighted by Crippen LogP contribution is 2.18. The molecule has 2 aromatic carbocycles. The fourth-order valence-corrected chi connectivity index (χ4v) is 2.03. The number of nitrogens with two attached hydrogens (primary N) is 1. The van der Waals surface area contributed by atoms with E-state index in [4.69, 9.17) is 10.2 Å². The van der Waals surface area contributed by atoms with E-state index in [1.807, 2.05) is 0 Å². The van der Waals surface area contributed by atoms with Gasteiger partial charge in [0.2, 0.25) is 0 Å². The molecule has 0 aliphatic rings. The van der Waals surface area contributed by atoms with Crippen molar-refractivity contribution in [3.63, 3.8) is 0 Å². The van der Waals surface area contributed by atoms with Crippen LogP contribution in [0.25, 0.3) is 11.1 Å². The van der Waals surface area contributed by atoms with E-state index in [0.717, 1.165) is 0 Å². The molecule has 0 aliphatic carbocycles. The van der Waals surface area contributed by atoms with Crippen LogP contribution in [0.3, 0.4) is 0 Å². The second-order valence-electron chi connectivity index (χ2n) is 4.27. The lowest BCUT2D eigenvalue weighted by Gasteiger charge is -2.03. The number of halogens is 1. The summed E-state index contributed by atoms with van der Waals surface area (Å²) in [6, 6.07) is 11.3. The number of aromatic nitrogens is 1. The summed E-state index contributed by atoms with van der Waals surface area (Å²) in [6.45, 7) is 0.127. The maximum absolute atomic E-state index is 13.6. The molecule has 0 radical (unpaired) electrons. The first kappa shape index (κ1) is 11.5. The first-order chi connectivity index (χ1) is 9.15. The quantitative estimate of drug-likeness (QED) is 0.718. The first-order valence-electron chi connectivity index (χ1n) is 5.77. The average molecular weight is 258 g/mol. The van der Waals surface area contributed by atoms with Gasteiger partial charge in [-0.25, -0.2) is 9.18 Å². The fraction of sp³-hybridized carbons (Fsp3) is 0.0714. The van der Waals surface area contributed by atoms with E-state index in [0.29, 0.717) is 22.4 Å². The molecule has 1 heterocycles. The number of nitrogen functional groups attached to an aromatic ring is 1. The van der Waals surface area contributed by atoms with Crippen LogP contribution in [0.5, 0.6) is 0 Å². The van der Waals surface area contributed by atoms with Crippen LogP contribution in [0.1, 0.15) is 5.56 Å². The summed E-state index contributed by atoms with van der Waals surface area (Å²) < 4.78 is 20.1. The van der Waals surface area contributed by atoms with Crippen molar-refractivity contribution in [2.24, 2.45) is 0 Å². The lowest BCUT2D eigenvalue weighted by molar-refractivity contribution is 0.512. The van der Waals surface area contributed by atoms with Gasteiger partial charge in [-0.1, -0.05) is 18.2 Å². The number of benzene rings is 2. The van der Waals surface area contributed by atoms with Gasteiger partial charge in [-0.2, -0.15) is 0 Å². The van der Waals surface area contributed by atoms with E-state index in [9.17, 15) is 9.18 Å². The Morgan fingerprint density at radius 2 is 2.00 bits per heavy atom. The second-order valence-corrected chi connectivity index (χ2v) is 4.27. The Morgan fingerprint density at radius 1 is 1.21 bits per heavy atom. The van der Waals surface area contributed by atoms with E-state index >= 15 is 0 Å². The maximum atomic E-state index is 13.6. The third-order valence-electron chi connectivity index (χ3n) is 2.98. The molecule has 96 valence electrons. The van der Waals surface area contributed by atoms with Crippen molar-refractivity contribution in [1.29, 1.82) is 0 Å². The predicted octanol–water partition coefficient (Wildman–Crippen LogP) is 2.36. The van der Waals surface area contributed by atoms with Crippen LogP contribution in [0.4, 0.5) is 10.1 Å². The zero-order valence-corrected chi connectivity index (χ0v) is 9.97. The number of hydrogen-bond donors (Lipinski definition) is 1. The molecule has 3 aromatic rings. The molecule has 5 heteroatoms. The summed E-state index contributed by atoms with van der Waals surface area (Å²) in [4.78, 5) is 11.8. The summed E-state index contributed by atoms with van der Waals surface area (Å²) in [5, 5.41) is 0. The molecule has 0 amide bonds. The molecular formula is C14H11FN2O2. The van der Waals surface area contributed by atoms with Crippen molar-refractivity contribution >= 4 is 16.8 Å². The number of anilines is 1. The fourth-order valence-electron chi connectivity index (χ4n) is 2.03. The number of rotatable bonds is 2. The van der Waals surface area contributed by atoms with Gasteiger partial charge >= 0.3 is 5.76 Å². The van der Waals surface area contributed by atoms with Crippen molar-refractivity contribution in [2.45, 2.75) is 6.54 Å². The minimum absolute atomic E-state index is 0.127. The van der Waals surface area contributed by atoms with Crippen LogP contribution in [-0.4, -0.2) is 4.57 Å². The Kier molecular flexibility index (Phi) is 2.59. The van der Waals surface area contributed by atoms with Crippen molar-refractivity contribution in [2.75, 3.05) is 5.73 Å². The van der Waals surface area contributed by atoms with Gasteiger partial charge < -0.3 is 10.2 Å². The van der Waals surface area contributed by atoms with Crippen LogP contribution in [-0.2, 0) is 6.54 Å². The molecule has 0 spiro atoms. The zero-order chi connectivity index (χ0) is 13.4. The summed E-state index contributed by atoms with van der Waals surface area (Å²) in [5.41, 5.74) is 7.58. The van der Waals surface area contributed by atoms with Crippen LogP contribution < -0.4 is 11.5 Å². The molecular weight excluding hydrogens is 247 g/mol. The van der Waals surface area contributed by atoms with E-state index < -0.39 is 5.76 Å². The van der Waals surface area contributed by atoms with E-state index in [2.05, 4.69) is 0 Å². The Morgan fingerprint density at radius 3 is 2.79 bits per heavy atom. The number of fused-ring (bicyclic) bond motifs is 1. The molecule has 19 heavy (non-hydrogen) atoms. The van der Waals surface area contributed by atoms with Gasteiger partial charge in [0, 0.05) is 17.3 Å². The molecule has 4 nitrogen and oxygen atoms in total. The number of nitrogens with zero attached hydrogens (tertiary/aromatic N) is 1. The van der Waals surface area contributed by atoms with Gasteiger partial charge in [0.15, 0.2) is 5.58 Å². The van der Waals surface area contributed by atoms with Crippen LogP contribution >= 0.6 is 0 Å². The molecule has 0 bridgehead atoms. The molecule has 2 N–H and O–H groups in total. The Bertz CT molecular complexity index is 805. The highest BCUT2D eigenvalue weighted by atomic mass is 19.1. The minimum Gasteiger partial charge on any atom is -0.408 e. The number of oxazole rings is 1. The van der Waals surface area contributed by atoms with Gasteiger partial charge in [0.1, 0.15) is 5.82 Å². The lowest BCUT2D eigenvalue weighted by Crippen LogP contribution is -2.15. The van der Waals surface area contributed by atoms with Crippen molar-refractivity contribution in [3.8, 4) is 0 Å². The van der Waals surface area contributed by atoms with Crippen molar-refractivity contribution < 1.29 is 8.81 Å². The second kappa shape index (κ2) is 4.28. The molecule has 1 aromatic heterocycles. The summed E-state index contributed by atoms with van der Waals surface area (Å²) in [5.74, 6) is -0.872. The lowest BCUT2D eigenvalue weighted by atomic mass is 10.2. The number of hydrogen-bond acceptors (Lipinski definition) is 3. The van der Waals surface area contributed by atoms with Gasteiger partial charge in [-0.05, 0) is 18.2 Å². The monoisotopic (exact) mass is 258 g/mol. The smallest absolute Gasteiger partial charge is 0.408 e. The van der Waals surface area contributed by atoms with Crippen LogP contribution in [0.15, 0.2) is 51.7 Å². The molecule has 0 fully saturated rings. The Hall–Kier alpha value is -2.56. The SMILES string of the molecule is Nc1ccc2c(c1)oc(=O)n2Cc1ccccc1F. The molecule has 0 saturated carbocycles. The minimum atomic E-state index is -0.524. The molecule has 0 saturated heterocycles. The Balaban J connectivity index is 2.13. The van der Waals surface area contributed by atoms with E-state index in [-0.39, 0.29) is 12.4 Å². The first-order valence-corrected chi connectivity index (χ1v) is 5.77. The van der Waals surface area contributed by atoms with Gasteiger partial charge in [0.25, 0.3) is 0 Å².